The van der Waals surface area contributed by atoms with E-state index in [2.05, 4.69) is 15.6 Å². The molecule has 1 saturated heterocycles. The molecular formula is C11H15ClN4O2. The van der Waals surface area contributed by atoms with E-state index in [1.807, 2.05) is 0 Å². The largest absolute Gasteiger partial charge is 0.317 e. The molecule has 1 fully saturated rings. The lowest BCUT2D eigenvalue weighted by molar-refractivity contribution is -0.133. The molecule has 1 aliphatic heterocycles. The Balaban J connectivity index is 1.83. The second kappa shape index (κ2) is 5.97. The fourth-order valence-corrected chi connectivity index (χ4v) is 2.12. The standard InChI is InChI=1S/C11H15ClN4O2/c12-11-14-5-6-16(11)7-9(17)15-10(18)8-1-3-13-4-2-8/h5-6,8,13H,1-4,7H2,(H,15,17,18). The summed E-state index contributed by atoms with van der Waals surface area (Å²) < 4.78 is 1.48. The number of nitrogens with one attached hydrogen (secondary N) is 2. The van der Waals surface area contributed by atoms with Crippen molar-refractivity contribution in [3.63, 3.8) is 0 Å². The number of piperidine rings is 1. The highest BCUT2D eigenvalue weighted by molar-refractivity contribution is 6.28. The fraction of sp³-hybridized carbons (Fsp3) is 0.545. The number of carbonyl (C=O) groups is 2. The molecule has 1 aromatic heterocycles. The number of halogens is 1. The van der Waals surface area contributed by atoms with Gasteiger partial charge < -0.3 is 9.88 Å². The first kappa shape index (κ1) is 13.0. The molecule has 0 bridgehead atoms. The first-order valence-corrected chi connectivity index (χ1v) is 6.25. The van der Waals surface area contributed by atoms with Crippen LogP contribution < -0.4 is 10.6 Å². The third-order valence-corrected chi connectivity index (χ3v) is 3.27. The molecule has 2 N–H and O–H groups in total. The molecule has 0 aromatic carbocycles. The summed E-state index contributed by atoms with van der Waals surface area (Å²) in [5, 5.41) is 5.81. The second-order valence-corrected chi connectivity index (χ2v) is 4.60. The number of carbonyl (C=O) groups excluding carboxylic acids is 2. The van der Waals surface area contributed by atoms with Crippen LogP contribution in [-0.2, 0) is 16.1 Å². The molecule has 18 heavy (non-hydrogen) atoms. The van der Waals surface area contributed by atoms with Crippen molar-refractivity contribution in [3.05, 3.63) is 17.7 Å². The Morgan fingerprint density at radius 1 is 1.50 bits per heavy atom. The van der Waals surface area contributed by atoms with Crippen molar-refractivity contribution in [1.82, 2.24) is 20.2 Å². The minimum absolute atomic E-state index is 0.00947. The number of hydrogen-bond donors (Lipinski definition) is 2. The van der Waals surface area contributed by atoms with Crippen molar-refractivity contribution in [2.45, 2.75) is 19.4 Å². The van der Waals surface area contributed by atoms with Gasteiger partial charge in [-0.1, -0.05) is 0 Å². The van der Waals surface area contributed by atoms with Crippen molar-refractivity contribution in [2.24, 2.45) is 5.92 Å². The predicted molar refractivity (Wildman–Crippen MR) is 66.0 cm³/mol. The van der Waals surface area contributed by atoms with Gasteiger partial charge in [0, 0.05) is 18.3 Å². The molecule has 0 saturated carbocycles. The number of rotatable bonds is 3. The van der Waals surface area contributed by atoms with E-state index in [-0.39, 0.29) is 29.6 Å². The van der Waals surface area contributed by atoms with Crippen LogP contribution in [0.25, 0.3) is 0 Å². The molecule has 2 amide bonds. The maximum atomic E-state index is 11.8. The Hall–Kier alpha value is -1.40. The highest BCUT2D eigenvalue weighted by Gasteiger charge is 2.22. The summed E-state index contributed by atoms with van der Waals surface area (Å²) in [6.07, 6.45) is 4.64. The van der Waals surface area contributed by atoms with E-state index in [1.165, 1.54) is 10.8 Å². The molecule has 7 heteroatoms. The Labute approximate surface area is 110 Å². The number of hydrogen-bond acceptors (Lipinski definition) is 4. The van der Waals surface area contributed by atoms with Crippen LogP contribution in [0.4, 0.5) is 0 Å². The number of imide groups is 1. The molecule has 1 aliphatic rings. The second-order valence-electron chi connectivity index (χ2n) is 4.26. The van der Waals surface area contributed by atoms with Gasteiger partial charge in [0.1, 0.15) is 6.54 Å². The molecule has 98 valence electrons. The van der Waals surface area contributed by atoms with Gasteiger partial charge in [-0.15, -0.1) is 0 Å². The van der Waals surface area contributed by atoms with Crippen LogP contribution >= 0.6 is 11.6 Å². The molecule has 6 nitrogen and oxygen atoms in total. The minimum atomic E-state index is -0.363. The molecule has 0 unspecified atom stereocenters. The Morgan fingerprint density at radius 3 is 2.83 bits per heavy atom. The fourth-order valence-electron chi connectivity index (χ4n) is 1.95. The lowest BCUT2D eigenvalue weighted by Crippen LogP contribution is -2.41. The van der Waals surface area contributed by atoms with Gasteiger partial charge in [0.25, 0.3) is 0 Å². The van der Waals surface area contributed by atoms with Gasteiger partial charge in [0.05, 0.1) is 0 Å². The summed E-state index contributed by atoms with van der Waals surface area (Å²) in [7, 11) is 0. The average Bonchev–Trinajstić information content (AvgIpc) is 2.76. The molecule has 0 radical (unpaired) electrons. The van der Waals surface area contributed by atoms with Crippen LogP contribution in [0.15, 0.2) is 12.4 Å². The van der Waals surface area contributed by atoms with Crippen molar-refractivity contribution in [1.29, 1.82) is 0 Å². The molecule has 0 atom stereocenters. The molecule has 1 aromatic rings. The smallest absolute Gasteiger partial charge is 0.246 e. The summed E-state index contributed by atoms with van der Waals surface area (Å²) in [5.74, 6) is -0.635. The predicted octanol–water partition coefficient (Wildman–Crippen LogP) is 0.179. The highest BCUT2D eigenvalue weighted by Crippen LogP contribution is 2.11. The summed E-state index contributed by atoms with van der Waals surface area (Å²) in [6.45, 7) is 1.65. The van der Waals surface area contributed by atoms with E-state index in [4.69, 9.17) is 11.6 Å². The number of amides is 2. The zero-order chi connectivity index (χ0) is 13.0. The SMILES string of the molecule is O=C(Cn1ccnc1Cl)NC(=O)C1CCNCC1. The number of nitrogens with zero attached hydrogens (tertiary/aromatic N) is 2. The van der Waals surface area contributed by atoms with E-state index in [9.17, 15) is 9.59 Å². The molecule has 2 rings (SSSR count). The normalized spacial score (nSPS) is 16.5. The Bertz CT molecular complexity index is 440. The molecular weight excluding hydrogens is 256 g/mol. The Morgan fingerprint density at radius 2 is 2.22 bits per heavy atom. The zero-order valence-corrected chi connectivity index (χ0v) is 10.6. The highest BCUT2D eigenvalue weighted by atomic mass is 35.5. The van der Waals surface area contributed by atoms with Gasteiger partial charge in [-0.25, -0.2) is 4.98 Å². The van der Waals surface area contributed by atoms with E-state index in [0.717, 1.165) is 25.9 Å². The van der Waals surface area contributed by atoms with E-state index >= 15 is 0 Å². The van der Waals surface area contributed by atoms with Crippen LogP contribution in [0.1, 0.15) is 12.8 Å². The van der Waals surface area contributed by atoms with Crippen LogP contribution in [0.3, 0.4) is 0 Å². The van der Waals surface area contributed by atoms with Crippen molar-refractivity contribution >= 4 is 23.4 Å². The van der Waals surface area contributed by atoms with Crippen molar-refractivity contribution < 1.29 is 9.59 Å². The van der Waals surface area contributed by atoms with Gasteiger partial charge in [0.2, 0.25) is 17.1 Å². The topological polar surface area (TPSA) is 76.0 Å². The third kappa shape index (κ3) is 3.30. The third-order valence-electron chi connectivity index (χ3n) is 2.95. The monoisotopic (exact) mass is 270 g/mol. The van der Waals surface area contributed by atoms with Crippen LogP contribution in [0.2, 0.25) is 5.28 Å². The summed E-state index contributed by atoms with van der Waals surface area (Å²) >= 11 is 5.75. The molecule has 0 spiro atoms. The average molecular weight is 271 g/mol. The van der Waals surface area contributed by atoms with Crippen molar-refractivity contribution in [3.8, 4) is 0 Å². The maximum Gasteiger partial charge on any atom is 0.246 e. The first-order chi connectivity index (χ1) is 8.66. The minimum Gasteiger partial charge on any atom is -0.317 e. The van der Waals surface area contributed by atoms with Gasteiger partial charge in [-0.05, 0) is 37.5 Å². The summed E-state index contributed by atoms with van der Waals surface area (Å²) in [6, 6.07) is 0. The zero-order valence-electron chi connectivity index (χ0n) is 9.86. The summed E-state index contributed by atoms with van der Waals surface area (Å²) in [5.41, 5.74) is 0. The Kier molecular flexibility index (Phi) is 4.33. The van der Waals surface area contributed by atoms with Gasteiger partial charge >= 0.3 is 0 Å². The lowest BCUT2D eigenvalue weighted by atomic mass is 9.97. The van der Waals surface area contributed by atoms with Crippen molar-refractivity contribution in [2.75, 3.05) is 13.1 Å². The quantitative estimate of drug-likeness (QED) is 0.822. The number of aromatic nitrogens is 2. The van der Waals surface area contributed by atoms with Crippen LogP contribution in [0, 0.1) is 5.92 Å². The van der Waals surface area contributed by atoms with Crippen LogP contribution in [-0.4, -0.2) is 34.5 Å². The lowest BCUT2D eigenvalue weighted by Gasteiger charge is -2.21. The first-order valence-electron chi connectivity index (χ1n) is 5.88. The summed E-state index contributed by atoms with van der Waals surface area (Å²) in [4.78, 5) is 27.3. The molecule has 2 heterocycles. The number of imidazole rings is 1. The van der Waals surface area contributed by atoms with E-state index < -0.39 is 0 Å². The van der Waals surface area contributed by atoms with Crippen LogP contribution in [0.5, 0.6) is 0 Å². The van der Waals surface area contributed by atoms with Gasteiger partial charge in [0.15, 0.2) is 0 Å². The maximum absolute atomic E-state index is 11.8. The molecule has 0 aliphatic carbocycles. The van der Waals surface area contributed by atoms with E-state index in [1.54, 1.807) is 6.20 Å². The van der Waals surface area contributed by atoms with Gasteiger partial charge in [-0.2, -0.15) is 0 Å². The van der Waals surface area contributed by atoms with Gasteiger partial charge in [-0.3, -0.25) is 14.9 Å². The van der Waals surface area contributed by atoms with E-state index in [0.29, 0.717) is 0 Å².